The average Bonchev–Trinajstić information content (AvgIpc) is 3.74. The lowest BCUT2D eigenvalue weighted by Gasteiger charge is -2.21. The van der Waals surface area contributed by atoms with Gasteiger partial charge in [-0.1, -0.05) is 193 Å². The fourth-order valence-corrected chi connectivity index (χ4v) is 4.20. The first-order valence-corrected chi connectivity index (χ1v) is 31.3. The molecule has 0 aromatic carbocycles. The maximum absolute atomic E-state index is 3.67. The molecule has 8 rings (SSSR count). The molecule has 0 atom stereocenters. The summed E-state index contributed by atoms with van der Waals surface area (Å²) in [5, 5.41) is 22.5. The highest BCUT2D eigenvalue weighted by Gasteiger charge is 2.01. The Morgan fingerprint density at radius 1 is 0.280 bits per heavy atom. The first-order valence-electron chi connectivity index (χ1n) is 31.3. The molecular weight excluding hydrogens is 921 g/mol. The molecule has 7 saturated heterocycles. The minimum absolute atomic E-state index is 0. The van der Waals surface area contributed by atoms with Crippen molar-refractivity contribution in [2.45, 2.75) is 251 Å². The van der Waals surface area contributed by atoms with Crippen molar-refractivity contribution in [1.82, 2.24) is 52.1 Å². The molecule has 0 bridgehead atoms. The van der Waals surface area contributed by atoms with E-state index >= 15 is 0 Å². The highest BCUT2D eigenvalue weighted by molar-refractivity contribution is 4.65. The van der Waals surface area contributed by atoms with Crippen molar-refractivity contribution in [1.29, 1.82) is 0 Å². The summed E-state index contributed by atoms with van der Waals surface area (Å²) in [5.74, 6) is 6.67. The number of aromatic amines is 1. The van der Waals surface area contributed by atoms with Crippen LogP contribution in [0.15, 0.2) is 18.7 Å². The summed E-state index contributed by atoms with van der Waals surface area (Å²) < 4.78 is 0. The normalized spacial score (nSPS) is 16.3. The van der Waals surface area contributed by atoms with Crippen molar-refractivity contribution in [3.05, 3.63) is 18.7 Å². The highest BCUT2D eigenvalue weighted by atomic mass is 15.2. The predicted octanol–water partition coefficient (Wildman–Crippen LogP) is 16.1. The molecule has 464 valence electrons. The number of hydrogen-bond acceptors (Lipinski definition) is 9. The number of nitrogens with one attached hydrogen (secondary N) is 8. The predicted molar refractivity (Wildman–Crippen MR) is 352 cm³/mol. The molecule has 7 fully saturated rings. The third-order valence-corrected chi connectivity index (χ3v) is 7.28. The lowest BCUT2D eigenvalue weighted by atomic mass is 10.2. The Kier molecular flexibility index (Phi) is 108. The van der Waals surface area contributed by atoms with E-state index in [9.17, 15) is 0 Å². The molecule has 0 amide bonds. The Balaban J connectivity index is -0.0000000889. The zero-order chi connectivity index (χ0) is 58.5. The largest absolute Gasteiger partial charge is 0.351 e. The van der Waals surface area contributed by atoms with Crippen LogP contribution in [-0.4, -0.2) is 127 Å². The number of piperidine rings is 3. The van der Waals surface area contributed by atoms with Crippen molar-refractivity contribution in [3.8, 4) is 0 Å². The van der Waals surface area contributed by atoms with Gasteiger partial charge in [0.1, 0.15) is 0 Å². The quantitative estimate of drug-likeness (QED) is 0.120. The minimum atomic E-state index is 0. The van der Waals surface area contributed by atoms with E-state index in [0.717, 1.165) is 60.4 Å². The van der Waals surface area contributed by atoms with Gasteiger partial charge >= 0.3 is 0 Å². The molecule has 0 radical (unpaired) electrons. The van der Waals surface area contributed by atoms with Crippen LogP contribution in [0.4, 0.5) is 0 Å². The lowest BCUT2D eigenvalue weighted by molar-refractivity contribution is 0.291. The fraction of sp³-hybridized carbons (Fsp3) is 0.954. The van der Waals surface area contributed by atoms with Gasteiger partial charge in [0.05, 0.1) is 6.33 Å². The van der Waals surface area contributed by atoms with E-state index in [4.69, 9.17) is 0 Å². The maximum Gasteiger partial charge on any atom is 0.0919 e. The van der Waals surface area contributed by atoms with E-state index in [1.165, 1.54) is 169 Å². The molecule has 1 aromatic heterocycles. The van der Waals surface area contributed by atoms with Gasteiger partial charge < -0.3 is 47.1 Å². The van der Waals surface area contributed by atoms with E-state index in [-0.39, 0.29) is 7.43 Å². The molecule has 0 aliphatic carbocycles. The number of rotatable bonds is 0. The summed E-state index contributed by atoms with van der Waals surface area (Å²) >= 11 is 0. The highest BCUT2D eigenvalue weighted by Crippen LogP contribution is 1.98. The number of hydrogen-bond donors (Lipinski definition) is 8. The lowest BCUT2D eigenvalue weighted by Crippen LogP contribution is -2.40. The molecule has 0 spiro atoms. The molecule has 75 heavy (non-hydrogen) atoms. The van der Waals surface area contributed by atoms with E-state index in [0.29, 0.717) is 0 Å². The average molecular weight is 1080 g/mol. The molecule has 10 heteroatoms. The van der Waals surface area contributed by atoms with Gasteiger partial charge in [-0.25, -0.2) is 4.98 Å². The number of nitrogens with zero attached hydrogens (tertiary/aromatic N) is 2. The molecule has 1 aromatic rings. The van der Waals surface area contributed by atoms with Crippen molar-refractivity contribution in [2.24, 2.45) is 47.3 Å². The van der Waals surface area contributed by atoms with Crippen LogP contribution >= 0.6 is 0 Å². The molecule has 7 aliphatic heterocycles. The van der Waals surface area contributed by atoms with Gasteiger partial charge in [-0.2, -0.15) is 0 Å². The Morgan fingerprint density at radius 2 is 0.440 bits per heavy atom. The van der Waals surface area contributed by atoms with Crippen molar-refractivity contribution < 1.29 is 0 Å². The van der Waals surface area contributed by atoms with Gasteiger partial charge in [-0.15, -0.1) is 0 Å². The standard InChI is InChI=1S/C5H12N2.3C5H11N.C4H9N.8C4H10.C3H4N2.C3H7N.C2H5N.CH4/c1-7-4-2-6-3-5-7;3*1-2-4-6-5-3-1;1-2-4-5-3-1;8*1-4(2)3;1-2-5-3-4-1;1-2-4-3-1;1-2-3-1;/h6H,2-5H2,1H3;3*6H,1-5H2;5H,1-4H2;8*4H,1-3H3;1-3H,(H,4,5);4H,1-3H2;3H,1-2H2;1H4. The Labute approximate surface area is 478 Å². The maximum atomic E-state index is 3.67. The summed E-state index contributed by atoms with van der Waals surface area (Å²) in [7, 11) is 2.15. The first kappa shape index (κ1) is 93.2. The van der Waals surface area contributed by atoms with Crippen molar-refractivity contribution >= 4 is 0 Å². The van der Waals surface area contributed by atoms with Crippen LogP contribution in [0.5, 0.6) is 0 Å². The Hall–Kier alpha value is -1.11. The topological polar surface area (TPSA) is 126 Å². The van der Waals surface area contributed by atoms with Crippen molar-refractivity contribution in [2.75, 3.05) is 112 Å². The molecule has 10 nitrogen and oxygen atoms in total. The zero-order valence-electron chi connectivity index (χ0n) is 56.0. The second-order valence-corrected chi connectivity index (χ2v) is 25.4. The first-order chi connectivity index (χ1) is 34.8. The second-order valence-electron chi connectivity index (χ2n) is 25.4. The van der Waals surface area contributed by atoms with Gasteiger partial charge in [0, 0.05) is 51.7 Å². The van der Waals surface area contributed by atoms with Gasteiger partial charge in [0.15, 0.2) is 0 Å². The van der Waals surface area contributed by atoms with Crippen LogP contribution in [0.1, 0.15) is 251 Å². The summed E-state index contributed by atoms with van der Waals surface area (Å²) in [6.45, 7) is 71.7. The van der Waals surface area contributed by atoms with E-state index < -0.39 is 0 Å². The Bertz CT molecular complexity index is 722. The Morgan fingerprint density at radius 3 is 0.507 bits per heavy atom. The van der Waals surface area contributed by atoms with E-state index in [2.05, 4.69) is 225 Å². The molecule has 7 aliphatic rings. The number of piperazine rings is 1. The van der Waals surface area contributed by atoms with Crippen LogP contribution in [0.25, 0.3) is 0 Å². The van der Waals surface area contributed by atoms with Crippen molar-refractivity contribution in [3.63, 3.8) is 0 Å². The SMILES string of the molecule is C.C1CCNC1.C1CCNCC1.C1CCNCC1.C1CCNCC1.C1CN1.C1CNC1.CC(C)C.CC(C)C.CC(C)C.CC(C)C.CC(C)C.CC(C)C.CC(C)C.CC(C)C.CN1CCNCC1.c1c[nH]cn1. The number of H-pyrrole nitrogens is 1. The van der Waals surface area contributed by atoms with E-state index in [1.54, 1.807) is 18.7 Å². The van der Waals surface area contributed by atoms with Crippen LogP contribution in [-0.2, 0) is 0 Å². The van der Waals surface area contributed by atoms with E-state index in [1.807, 2.05) is 0 Å². The molecule has 8 N–H and O–H groups in total. The van der Waals surface area contributed by atoms with Crippen LogP contribution in [0, 0.1) is 47.3 Å². The summed E-state index contributed by atoms with van der Waals surface area (Å²) in [6.07, 6.45) is 21.9. The van der Waals surface area contributed by atoms with Gasteiger partial charge in [-0.05, 0) is 178 Å². The van der Waals surface area contributed by atoms with Crippen LogP contribution < -0.4 is 37.2 Å². The van der Waals surface area contributed by atoms with Crippen LogP contribution in [0.3, 0.4) is 0 Å². The van der Waals surface area contributed by atoms with Crippen LogP contribution in [0.2, 0.25) is 0 Å². The third-order valence-electron chi connectivity index (χ3n) is 7.28. The zero-order valence-corrected chi connectivity index (χ0v) is 56.0. The molecule has 0 unspecified atom stereocenters. The second kappa shape index (κ2) is 86.8. The number of imidazole rings is 1. The third kappa shape index (κ3) is 230. The molecule has 8 heterocycles. The van der Waals surface area contributed by atoms with Gasteiger partial charge in [0.25, 0.3) is 0 Å². The number of aromatic nitrogens is 2. The summed E-state index contributed by atoms with van der Waals surface area (Å²) in [6, 6.07) is 0. The summed E-state index contributed by atoms with van der Waals surface area (Å²) in [4.78, 5) is 8.75. The monoisotopic (exact) mass is 1080 g/mol. The summed E-state index contributed by atoms with van der Waals surface area (Å²) in [5.41, 5.74) is 0. The fourth-order valence-electron chi connectivity index (χ4n) is 4.20. The minimum Gasteiger partial charge on any atom is -0.351 e. The molecular formula is C65H154N10. The van der Waals surface area contributed by atoms with Gasteiger partial charge in [-0.3, -0.25) is 0 Å². The molecule has 0 saturated carbocycles. The smallest absolute Gasteiger partial charge is 0.0919 e. The number of likely N-dealkylation sites (N-methyl/N-ethyl adjacent to an activating group) is 1. The van der Waals surface area contributed by atoms with Gasteiger partial charge in [0.2, 0.25) is 0 Å².